The minimum absolute atomic E-state index is 0.0625. The van der Waals surface area contributed by atoms with E-state index in [0.29, 0.717) is 10.8 Å². The third-order valence-corrected chi connectivity index (χ3v) is 4.78. The number of ether oxygens (including phenoxy) is 3. The number of carbonyl (C=O) groups is 2. The number of carbonyl (C=O) groups excluding carboxylic acids is 2. The van der Waals surface area contributed by atoms with Gasteiger partial charge in [0.2, 0.25) is 0 Å². The van der Waals surface area contributed by atoms with E-state index < -0.39 is 11.9 Å². The van der Waals surface area contributed by atoms with Gasteiger partial charge in [0.15, 0.2) is 0 Å². The molecule has 148 valence electrons. The summed E-state index contributed by atoms with van der Waals surface area (Å²) in [6, 6.07) is 14.6. The molecule has 0 saturated carbocycles. The molecule has 0 aromatic heterocycles. The minimum Gasteiger partial charge on any atom is -0.497 e. The standard InChI is InChI=1S/C21H21ClO5S/c1-15(12-20(23)27-14-16-6-8-18(25-2)9-7-16)21(24)26-10-11-28-19-5-3-4-17(22)13-19/h3-9,13H,1,10-12,14H2,2H3. The second kappa shape index (κ2) is 11.4. The number of rotatable bonds is 10. The second-order valence-electron chi connectivity index (χ2n) is 5.73. The fourth-order valence-electron chi connectivity index (χ4n) is 2.14. The summed E-state index contributed by atoms with van der Waals surface area (Å²) < 4.78 is 15.3. The molecule has 0 aliphatic carbocycles. The largest absolute Gasteiger partial charge is 0.497 e. The SMILES string of the molecule is C=C(CC(=O)OCc1ccc(OC)cc1)C(=O)OCCSc1cccc(Cl)c1. The summed E-state index contributed by atoms with van der Waals surface area (Å²) in [4.78, 5) is 24.8. The predicted molar refractivity (Wildman–Crippen MR) is 110 cm³/mol. The third-order valence-electron chi connectivity index (χ3n) is 3.59. The van der Waals surface area contributed by atoms with E-state index in [4.69, 9.17) is 25.8 Å². The lowest BCUT2D eigenvalue weighted by atomic mass is 10.2. The zero-order valence-electron chi connectivity index (χ0n) is 15.5. The van der Waals surface area contributed by atoms with Crippen LogP contribution in [0.3, 0.4) is 0 Å². The van der Waals surface area contributed by atoms with Crippen molar-refractivity contribution in [2.75, 3.05) is 19.5 Å². The van der Waals surface area contributed by atoms with E-state index in [1.165, 1.54) is 11.8 Å². The number of esters is 2. The lowest BCUT2D eigenvalue weighted by Crippen LogP contribution is -2.14. The summed E-state index contributed by atoms with van der Waals surface area (Å²) in [6.07, 6.45) is -0.212. The van der Waals surface area contributed by atoms with Crippen molar-refractivity contribution in [3.63, 3.8) is 0 Å². The predicted octanol–water partition coefficient (Wildman–Crippen LogP) is 4.67. The number of halogens is 1. The maximum Gasteiger partial charge on any atom is 0.334 e. The highest BCUT2D eigenvalue weighted by molar-refractivity contribution is 7.99. The average Bonchev–Trinajstić information content (AvgIpc) is 2.70. The van der Waals surface area contributed by atoms with Crippen LogP contribution in [0.5, 0.6) is 5.75 Å². The van der Waals surface area contributed by atoms with Crippen LogP contribution in [0.25, 0.3) is 0 Å². The zero-order chi connectivity index (χ0) is 20.4. The van der Waals surface area contributed by atoms with Crippen molar-refractivity contribution >= 4 is 35.3 Å². The van der Waals surface area contributed by atoms with Gasteiger partial charge in [0, 0.05) is 21.2 Å². The summed E-state index contributed by atoms with van der Waals surface area (Å²) in [7, 11) is 1.58. The first kappa shape index (κ1) is 21.9. The van der Waals surface area contributed by atoms with Crippen molar-refractivity contribution in [1.82, 2.24) is 0 Å². The van der Waals surface area contributed by atoms with Gasteiger partial charge in [-0.3, -0.25) is 4.79 Å². The molecule has 0 radical (unpaired) electrons. The Morgan fingerprint density at radius 3 is 2.54 bits per heavy atom. The Balaban J connectivity index is 1.65. The van der Waals surface area contributed by atoms with Crippen molar-refractivity contribution in [2.45, 2.75) is 17.9 Å². The fourth-order valence-corrected chi connectivity index (χ4v) is 3.18. The molecule has 0 aliphatic heterocycles. The van der Waals surface area contributed by atoms with E-state index in [1.807, 2.05) is 18.2 Å². The molecule has 0 atom stereocenters. The summed E-state index contributed by atoms with van der Waals surface area (Å²) in [5.41, 5.74) is 0.882. The molecule has 2 aromatic rings. The van der Waals surface area contributed by atoms with Crippen LogP contribution in [0.15, 0.2) is 65.6 Å². The third kappa shape index (κ3) is 7.66. The molecule has 0 heterocycles. The molecule has 7 heteroatoms. The van der Waals surface area contributed by atoms with Gasteiger partial charge >= 0.3 is 11.9 Å². The number of thioether (sulfide) groups is 1. The smallest absolute Gasteiger partial charge is 0.334 e. The molecule has 5 nitrogen and oxygen atoms in total. The first-order valence-electron chi connectivity index (χ1n) is 8.49. The highest BCUT2D eigenvalue weighted by atomic mass is 35.5. The van der Waals surface area contributed by atoms with Gasteiger partial charge in [0.25, 0.3) is 0 Å². The highest BCUT2D eigenvalue weighted by Gasteiger charge is 2.14. The van der Waals surface area contributed by atoms with Crippen LogP contribution < -0.4 is 4.74 Å². The first-order chi connectivity index (χ1) is 13.5. The zero-order valence-corrected chi connectivity index (χ0v) is 17.1. The number of methoxy groups -OCH3 is 1. The average molecular weight is 421 g/mol. The molecule has 0 spiro atoms. The quantitative estimate of drug-likeness (QED) is 0.241. The molecule has 0 bridgehead atoms. The maximum atomic E-state index is 11.9. The Bertz CT molecular complexity index is 820. The molecule has 0 fully saturated rings. The Labute approximate surface area is 173 Å². The normalized spacial score (nSPS) is 10.2. The van der Waals surface area contributed by atoms with Crippen LogP contribution in [-0.2, 0) is 25.7 Å². The van der Waals surface area contributed by atoms with Crippen LogP contribution in [0, 0.1) is 0 Å². The molecule has 0 amide bonds. The Hall–Kier alpha value is -2.44. The van der Waals surface area contributed by atoms with Gasteiger partial charge in [0.05, 0.1) is 13.5 Å². The number of benzene rings is 2. The van der Waals surface area contributed by atoms with Gasteiger partial charge in [-0.15, -0.1) is 11.8 Å². The molecule has 28 heavy (non-hydrogen) atoms. The first-order valence-corrected chi connectivity index (χ1v) is 9.86. The van der Waals surface area contributed by atoms with Crippen molar-refractivity contribution in [1.29, 1.82) is 0 Å². The van der Waals surface area contributed by atoms with Gasteiger partial charge in [-0.1, -0.05) is 36.4 Å². The maximum absolute atomic E-state index is 11.9. The lowest BCUT2D eigenvalue weighted by molar-refractivity contribution is -0.147. The summed E-state index contributed by atoms with van der Waals surface area (Å²) in [6.45, 7) is 3.92. The molecule has 0 unspecified atom stereocenters. The molecule has 2 rings (SSSR count). The van der Waals surface area contributed by atoms with Gasteiger partial charge in [-0.05, 0) is 35.9 Å². The Morgan fingerprint density at radius 2 is 1.86 bits per heavy atom. The Morgan fingerprint density at radius 1 is 1.11 bits per heavy atom. The topological polar surface area (TPSA) is 61.8 Å². The minimum atomic E-state index is -0.604. The monoisotopic (exact) mass is 420 g/mol. The Kier molecular flexibility index (Phi) is 8.91. The van der Waals surface area contributed by atoms with E-state index in [-0.39, 0.29) is 25.2 Å². The van der Waals surface area contributed by atoms with E-state index in [0.717, 1.165) is 16.2 Å². The van der Waals surface area contributed by atoms with E-state index >= 15 is 0 Å². The van der Waals surface area contributed by atoms with Crippen LogP contribution in [0.2, 0.25) is 5.02 Å². The van der Waals surface area contributed by atoms with Crippen molar-refractivity contribution in [3.8, 4) is 5.75 Å². The van der Waals surface area contributed by atoms with Crippen LogP contribution in [0.4, 0.5) is 0 Å². The number of hydrogen-bond donors (Lipinski definition) is 0. The van der Waals surface area contributed by atoms with Crippen molar-refractivity contribution in [2.24, 2.45) is 0 Å². The molecule has 2 aromatic carbocycles. The molecule has 0 aliphatic rings. The van der Waals surface area contributed by atoms with Gasteiger partial charge in [-0.2, -0.15) is 0 Å². The summed E-state index contributed by atoms with van der Waals surface area (Å²) in [5, 5.41) is 0.656. The highest BCUT2D eigenvalue weighted by Crippen LogP contribution is 2.21. The lowest BCUT2D eigenvalue weighted by Gasteiger charge is -2.08. The van der Waals surface area contributed by atoms with Gasteiger partial charge in [-0.25, -0.2) is 4.79 Å². The van der Waals surface area contributed by atoms with Gasteiger partial charge < -0.3 is 14.2 Å². The van der Waals surface area contributed by atoms with E-state index in [9.17, 15) is 9.59 Å². The molecule has 0 saturated heterocycles. The second-order valence-corrected chi connectivity index (χ2v) is 7.34. The van der Waals surface area contributed by atoms with Crippen molar-refractivity contribution < 1.29 is 23.8 Å². The van der Waals surface area contributed by atoms with Crippen molar-refractivity contribution in [3.05, 3.63) is 71.3 Å². The van der Waals surface area contributed by atoms with Crippen LogP contribution in [0.1, 0.15) is 12.0 Å². The van der Waals surface area contributed by atoms with Crippen LogP contribution >= 0.6 is 23.4 Å². The fraction of sp³-hybridized carbons (Fsp3) is 0.238. The molecule has 0 N–H and O–H groups in total. The summed E-state index contributed by atoms with van der Waals surface area (Å²) >= 11 is 7.44. The molecular formula is C21H21ClO5S. The number of hydrogen-bond acceptors (Lipinski definition) is 6. The van der Waals surface area contributed by atoms with E-state index in [1.54, 1.807) is 37.4 Å². The summed E-state index contributed by atoms with van der Waals surface area (Å²) in [5.74, 6) is 0.153. The van der Waals surface area contributed by atoms with Gasteiger partial charge in [0.1, 0.15) is 19.0 Å². The van der Waals surface area contributed by atoms with E-state index in [2.05, 4.69) is 6.58 Å². The molecular weight excluding hydrogens is 400 g/mol. The van der Waals surface area contributed by atoms with Crippen LogP contribution in [-0.4, -0.2) is 31.4 Å².